The van der Waals surface area contributed by atoms with Gasteiger partial charge in [-0.2, -0.15) is 0 Å². The maximum atomic E-state index is 6.10. The van der Waals surface area contributed by atoms with E-state index in [1.165, 1.54) is 36.2 Å². The van der Waals surface area contributed by atoms with Crippen molar-refractivity contribution in [2.45, 2.75) is 65.0 Å². The van der Waals surface area contributed by atoms with Gasteiger partial charge in [-0.15, -0.1) is 10.2 Å². The quantitative estimate of drug-likeness (QED) is 0.438. The van der Waals surface area contributed by atoms with Crippen molar-refractivity contribution in [1.29, 1.82) is 0 Å². The molecule has 0 saturated carbocycles. The highest BCUT2D eigenvalue weighted by atomic mass is 16.5. The van der Waals surface area contributed by atoms with Gasteiger partial charge in [-0.05, 0) is 44.2 Å². The van der Waals surface area contributed by atoms with Crippen LogP contribution in [0.3, 0.4) is 0 Å². The van der Waals surface area contributed by atoms with Gasteiger partial charge in [0.2, 0.25) is 0 Å². The van der Waals surface area contributed by atoms with Crippen LogP contribution in [0.25, 0.3) is 0 Å². The van der Waals surface area contributed by atoms with Gasteiger partial charge in [-0.3, -0.25) is 4.99 Å². The van der Waals surface area contributed by atoms with E-state index in [9.17, 15) is 0 Å². The molecule has 1 N–H and O–H groups in total. The van der Waals surface area contributed by atoms with Crippen molar-refractivity contribution in [3.63, 3.8) is 0 Å². The Labute approximate surface area is 185 Å². The fourth-order valence-corrected chi connectivity index (χ4v) is 4.56. The molecule has 0 amide bonds. The largest absolute Gasteiger partial charge is 0.370 e. The van der Waals surface area contributed by atoms with Crippen molar-refractivity contribution in [3.8, 4) is 0 Å². The van der Waals surface area contributed by atoms with Crippen LogP contribution < -0.4 is 5.32 Å². The van der Waals surface area contributed by atoms with E-state index in [1.54, 1.807) is 0 Å². The van der Waals surface area contributed by atoms with Crippen LogP contribution in [0.2, 0.25) is 0 Å². The average Bonchev–Trinajstić information content (AvgIpc) is 3.02. The van der Waals surface area contributed by atoms with Crippen molar-refractivity contribution in [1.82, 2.24) is 25.0 Å². The zero-order chi connectivity index (χ0) is 21.5. The Balaban J connectivity index is 1.36. The van der Waals surface area contributed by atoms with Gasteiger partial charge in [0, 0.05) is 39.0 Å². The molecule has 2 aliphatic heterocycles. The molecule has 168 valence electrons. The molecule has 2 aliphatic rings. The van der Waals surface area contributed by atoms with Crippen molar-refractivity contribution < 1.29 is 4.74 Å². The van der Waals surface area contributed by atoms with Gasteiger partial charge in [0.1, 0.15) is 17.8 Å². The van der Waals surface area contributed by atoms with Crippen LogP contribution in [-0.4, -0.2) is 58.4 Å². The minimum Gasteiger partial charge on any atom is -0.370 e. The molecule has 1 fully saturated rings. The van der Waals surface area contributed by atoms with Crippen LogP contribution in [0.5, 0.6) is 0 Å². The van der Waals surface area contributed by atoms with E-state index in [1.807, 2.05) is 0 Å². The second-order valence-electron chi connectivity index (χ2n) is 8.50. The molecule has 0 bridgehead atoms. The minimum atomic E-state index is 0.0882. The Morgan fingerprint density at radius 2 is 2.10 bits per heavy atom. The van der Waals surface area contributed by atoms with Gasteiger partial charge in [-0.1, -0.05) is 30.7 Å². The summed E-state index contributed by atoms with van der Waals surface area (Å²) < 4.78 is 8.44. The number of ether oxygens (including phenoxy) is 1. The van der Waals surface area contributed by atoms with Crippen LogP contribution >= 0.6 is 0 Å². The highest BCUT2D eigenvalue weighted by molar-refractivity contribution is 5.80. The molecule has 1 aromatic carbocycles. The van der Waals surface area contributed by atoms with E-state index in [-0.39, 0.29) is 6.10 Å². The summed E-state index contributed by atoms with van der Waals surface area (Å²) in [7, 11) is 0. The molecule has 2 aromatic rings. The van der Waals surface area contributed by atoms with Crippen LogP contribution in [0.15, 0.2) is 29.3 Å². The summed E-state index contributed by atoms with van der Waals surface area (Å²) >= 11 is 0. The molecular weight excluding hydrogens is 388 g/mol. The molecule has 7 nitrogen and oxygen atoms in total. The van der Waals surface area contributed by atoms with Gasteiger partial charge in [-0.25, -0.2) is 0 Å². The number of nitrogens with zero attached hydrogens (tertiary/aromatic N) is 5. The number of morpholine rings is 1. The summed E-state index contributed by atoms with van der Waals surface area (Å²) in [4.78, 5) is 7.28. The van der Waals surface area contributed by atoms with Crippen LogP contribution in [-0.2, 0) is 24.1 Å². The lowest BCUT2D eigenvalue weighted by atomic mass is 10.0. The van der Waals surface area contributed by atoms with Gasteiger partial charge < -0.3 is 19.5 Å². The van der Waals surface area contributed by atoms with Gasteiger partial charge in [0.25, 0.3) is 0 Å². The van der Waals surface area contributed by atoms with E-state index < -0.39 is 0 Å². The number of guanidine groups is 1. The van der Waals surface area contributed by atoms with Crippen LogP contribution in [0.4, 0.5) is 0 Å². The third-order valence-corrected chi connectivity index (χ3v) is 6.24. The van der Waals surface area contributed by atoms with Gasteiger partial charge in [0.15, 0.2) is 5.96 Å². The topological polar surface area (TPSA) is 67.6 Å². The third-order valence-electron chi connectivity index (χ3n) is 6.24. The van der Waals surface area contributed by atoms with Crippen LogP contribution in [0, 0.1) is 6.92 Å². The first kappa shape index (κ1) is 21.8. The monoisotopic (exact) mass is 424 g/mol. The average molecular weight is 425 g/mol. The number of benzene rings is 1. The van der Waals surface area contributed by atoms with Crippen molar-refractivity contribution in [2.75, 3.05) is 32.8 Å². The Bertz CT molecular complexity index is 877. The molecule has 0 spiro atoms. The molecular formula is C24H36N6O. The van der Waals surface area contributed by atoms with Crippen molar-refractivity contribution in [2.24, 2.45) is 4.99 Å². The first-order chi connectivity index (χ1) is 15.3. The normalized spacial score (nSPS) is 19.7. The van der Waals surface area contributed by atoms with E-state index in [0.29, 0.717) is 0 Å². The summed E-state index contributed by atoms with van der Waals surface area (Å²) in [6.07, 6.45) is 6.84. The molecule has 1 saturated heterocycles. The van der Waals surface area contributed by atoms with E-state index in [4.69, 9.17) is 9.73 Å². The summed E-state index contributed by atoms with van der Waals surface area (Å²) in [6, 6.07) is 8.51. The lowest BCUT2D eigenvalue weighted by Gasteiger charge is -2.35. The highest BCUT2D eigenvalue weighted by Gasteiger charge is 2.25. The third kappa shape index (κ3) is 5.45. The molecule has 1 aromatic heterocycles. The Kier molecular flexibility index (Phi) is 7.57. The van der Waals surface area contributed by atoms with Crippen LogP contribution in [0.1, 0.15) is 61.5 Å². The molecule has 3 heterocycles. The predicted octanol–water partition coefficient (Wildman–Crippen LogP) is 3.28. The summed E-state index contributed by atoms with van der Waals surface area (Å²) in [6.45, 7) is 9.41. The smallest absolute Gasteiger partial charge is 0.194 e. The number of hydrogen-bond acceptors (Lipinski definition) is 4. The summed E-state index contributed by atoms with van der Waals surface area (Å²) in [5.41, 5.74) is 2.55. The number of aromatic nitrogens is 3. The first-order valence-electron chi connectivity index (χ1n) is 11.9. The Morgan fingerprint density at radius 1 is 1.19 bits per heavy atom. The lowest BCUT2D eigenvalue weighted by Crippen LogP contribution is -2.48. The van der Waals surface area contributed by atoms with Gasteiger partial charge in [0.05, 0.1) is 13.2 Å². The Morgan fingerprint density at radius 3 is 2.97 bits per heavy atom. The number of aryl methyl sites for hydroxylation is 3. The first-order valence-corrected chi connectivity index (χ1v) is 11.9. The van der Waals surface area contributed by atoms with E-state index in [2.05, 4.69) is 63.1 Å². The Hall–Kier alpha value is -2.41. The highest BCUT2D eigenvalue weighted by Crippen LogP contribution is 2.25. The molecule has 0 radical (unpaired) electrons. The SMILES string of the molecule is CCNC(=NCCCc1nnc2n1CCCCC2)N1CCOC(c2ccccc2C)C1. The number of rotatable bonds is 6. The molecule has 1 atom stereocenters. The molecule has 31 heavy (non-hydrogen) atoms. The summed E-state index contributed by atoms with van der Waals surface area (Å²) in [5, 5.41) is 12.4. The fourth-order valence-electron chi connectivity index (χ4n) is 4.56. The minimum absolute atomic E-state index is 0.0882. The number of fused-ring (bicyclic) bond motifs is 1. The zero-order valence-corrected chi connectivity index (χ0v) is 19.0. The number of hydrogen-bond donors (Lipinski definition) is 1. The summed E-state index contributed by atoms with van der Waals surface area (Å²) in [5.74, 6) is 3.28. The van der Waals surface area contributed by atoms with Gasteiger partial charge >= 0.3 is 0 Å². The fraction of sp³-hybridized carbons (Fsp3) is 0.625. The maximum Gasteiger partial charge on any atom is 0.194 e. The second kappa shape index (κ2) is 10.8. The lowest BCUT2D eigenvalue weighted by molar-refractivity contribution is -0.00832. The zero-order valence-electron chi connectivity index (χ0n) is 19.0. The number of nitrogens with one attached hydrogen (secondary N) is 1. The predicted molar refractivity (Wildman–Crippen MR) is 123 cm³/mol. The van der Waals surface area contributed by atoms with Crippen molar-refractivity contribution >= 4 is 5.96 Å². The number of aliphatic imine (C=N–C) groups is 1. The molecule has 1 unspecified atom stereocenters. The molecule has 0 aliphatic carbocycles. The standard InChI is InChI=1S/C24H36N6O/c1-3-25-24(29-16-17-31-21(18-29)20-11-7-6-10-19(20)2)26-14-9-13-23-28-27-22-12-5-4-8-15-30(22)23/h6-7,10-11,21H,3-5,8-9,12-18H2,1-2H3,(H,25,26). The van der Waals surface area contributed by atoms with E-state index in [0.717, 1.165) is 70.4 Å². The maximum absolute atomic E-state index is 6.10. The molecule has 4 rings (SSSR count). The second-order valence-corrected chi connectivity index (χ2v) is 8.50. The molecule has 7 heteroatoms. The van der Waals surface area contributed by atoms with Crippen molar-refractivity contribution in [3.05, 3.63) is 47.0 Å². The van der Waals surface area contributed by atoms with E-state index >= 15 is 0 Å².